The van der Waals surface area contributed by atoms with E-state index in [1.54, 1.807) is 16.2 Å². The average Bonchev–Trinajstić information content (AvgIpc) is 2.68. The van der Waals surface area contributed by atoms with Gasteiger partial charge in [0.25, 0.3) is 0 Å². The molecule has 0 saturated carbocycles. The summed E-state index contributed by atoms with van der Waals surface area (Å²) < 4.78 is 0. The number of hydrogen-bond donors (Lipinski definition) is 0. The van der Waals surface area contributed by atoms with E-state index in [9.17, 15) is 10.1 Å². The third kappa shape index (κ3) is 3.57. The van der Waals surface area contributed by atoms with Crippen molar-refractivity contribution in [1.29, 1.82) is 0 Å². The second-order valence-corrected chi connectivity index (χ2v) is 4.63. The van der Waals surface area contributed by atoms with Crippen LogP contribution in [-0.2, 0) is 0 Å². The molecule has 1 heterocycles. The topological polar surface area (TPSA) is 62.0 Å². The van der Waals surface area contributed by atoms with E-state index in [2.05, 4.69) is 12.0 Å². The Bertz CT molecular complexity index is 281. The first-order chi connectivity index (χ1) is 8.07. The summed E-state index contributed by atoms with van der Waals surface area (Å²) in [5.74, 6) is 0. The van der Waals surface area contributed by atoms with Gasteiger partial charge < -0.3 is 0 Å². The summed E-state index contributed by atoms with van der Waals surface area (Å²) >= 11 is 0. The molecule has 1 aliphatic rings. The predicted molar refractivity (Wildman–Crippen MR) is 67.1 cm³/mol. The van der Waals surface area contributed by atoms with Gasteiger partial charge in [0.2, 0.25) is 0 Å². The van der Waals surface area contributed by atoms with Crippen molar-refractivity contribution >= 4 is 6.34 Å². The molecule has 0 spiro atoms. The van der Waals surface area contributed by atoms with Crippen molar-refractivity contribution < 1.29 is 4.92 Å². The maximum absolute atomic E-state index is 11.1. The van der Waals surface area contributed by atoms with Gasteiger partial charge in [0, 0.05) is 12.6 Å². The Morgan fingerprint density at radius 3 is 2.65 bits per heavy atom. The number of nitro groups is 1. The summed E-state index contributed by atoms with van der Waals surface area (Å²) in [6.45, 7) is 6.67. The lowest BCUT2D eigenvalue weighted by atomic mass is 10.2. The summed E-state index contributed by atoms with van der Waals surface area (Å²) in [5, 5.41) is 16.8. The number of rotatable bonds is 7. The highest BCUT2D eigenvalue weighted by atomic mass is 16.6. The van der Waals surface area contributed by atoms with E-state index < -0.39 is 6.29 Å². The van der Waals surface area contributed by atoms with Crippen LogP contribution in [-0.4, -0.2) is 40.0 Å². The van der Waals surface area contributed by atoms with Gasteiger partial charge in [0.05, 0.1) is 4.92 Å². The van der Waals surface area contributed by atoms with E-state index in [0.29, 0.717) is 6.54 Å². The van der Waals surface area contributed by atoms with Crippen molar-refractivity contribution in [3.8, 4) is 0 Å². The molecule has 6 nitrogen and oxygen atoms in total. The SMILES string of the molecule is CCCCCCN1N=CN(C(C)C)C1[N+](=O)[O-]. The van der Waals surface area contributed by atoms with Gasteiger partial charge in [-0.2, -0.15) is 5.10 Å². The minimum absolute atomic E-state index is 0.0924. The van der Waals surface area contributed by atoms with Crippen molar-refractivity contribution in [2.24, 2.45) is 5.10 Å². The molecule has 1 unspecified atom stereocenters. The fraction of sp³-hybridized carbons (Fsp3) is 0.909. The van der Waals surface area contributed by atoms with Crippen LogP contribution in [0.25, 0.3) is 0 Å². The van der Waals surface area contributed by atoms with Crippen molar-refractivity contribution in [2.75, 3.05) is 6.54 Å². The summed E-state index contributed by atoms with van der Waals surface area (Å²) in [6, 6.07) is 0.0924. The lowest BCUT2D eigenvalue weighted by Crippen LogP contribution is -2.48. The minimum atomic E-state index is -0.823. The van der Waals surface area contributed by atoms with E-state index in [1.807, 2.05) is 13.8 Å². The molecule has 1 atom stereocenters. The normalized spacial score (nSPS) is 19.4. The minimum Gasteiger partial charge on any atom is -0.276 e. The lowest BCUT2D eigenvalue weighted by molar-refractivity contribution is -0.572. The Morgan fingerprint density at radius 2 is 2.12 bits per heavy atom. The number of hydrogen-bond acceptors (Lipinski definition) is 5. The molecule has 0 bridgehead atoms. The fourth-order valence-electron chi connectivity index (χ4n) is 1.89. The molecule has 0 amide bonds. The molecule has 0 aliphatic carbocycles. The smallest absolute Gasteiger partial charge is 0.276 e. The van der Waals surface area contributed by atoms with Crippen LogP contribution in [0.2, 0.25) is 0 Å². The molecule has 0 fully saturated rings. The number of hydrazone groups is 1. The van der Waals surface area contributed by atoms with Crippen LogP contribution in [0.5, 0.6) is 0 Å². The second-order valence-electron chi connectivity index (χ2n) is 4.63. The van der Waals surface area contributed by atoms with Crippen LogP contribution < -0.4 is 0 Å². The molecular formula is C11H22N4O2. The third-order valence-electron chi connectivity index (χ3n) is 2.89. The largest absolute Gasteiger partial charge is 0.384 e. The van der Waals surface area contributed by atoms with Crippen LogP contribution in [0, 0.1) is 10.1 Å². The number of unbranched alkanes of at least 4 members (excludes halogenated alkanes) is 3. The molecule has 0 N–H and O–H groups in total. The first kappa shape index (κ1) is 13.7. The molecular weight excluding hydrogens is 220 g/mol. The zero-order valence-corrected chi connectivity index (χ0v) is 10.9. The molecule has 1 rings (SSSR count). The Kier molecular flexibility index (Phi) is 5.18. The van der Waals surface area contributed by atoms with Gasteiger partial charge in [-0.05, 0) is 20.3 Å². The van der Waals surface area contributed by atoms with E-state index in [4.69, 9.17) is 0 Å². The van der Waals surface area contributed by atoms with Crippen LogP contribution in [0.4, 0.5) is 0 Å². The summed E-state index contributed by atoms with van der Waals surface area (Å²) in [4.78, 5) is 12.5. The maximum atomic E-state index is 11.1. The molecule has 0 radical (unpaired) electrons. The van der Waals surface area contributed by atoms with Gasteiger partial charge in [0.15, 0.2) is 0 Å². The van der Waals surface area contributed by atoms with Crippen molar-refractivity contribution in [2.45, 2.75) is 58.8 Å². The molecule has 0 aromatic carbocycles. The van der Waals surface area contributed by atoms with Gasteiger partial charge in [-0.25, -0.2) is 5.01 Å². The van der Waals surface area contributed by atoms with Gasteiger partial charge >= 0.3 is 6.29 Å². The van der Waals surface area contributed by atoms with Gasteiger partial charge in [-0.1, -0.05) is 26.2 Å². The highest BCUT2D eigenvalue weighted by Crippen LogP contribution is 2.17. The summed E-state index contributed by atoms with van der Waals surface area (Å²) in [7, 11) is 0. The third-order valence-corrected chi connectivity index (χ3v) is 2.89. The van der Waals surface area contributed by atoms with Gasteiger partial charge in [-0.15, -0.1) is 0 Å². The van der Waals surface area contributed by atoms with E-state index >= 15 is 0 Å². The molecule has 0 aromatic rings. The lowest BCUT2D eigenvalue weighted by Gasteiger charge is -2.25. The number of nitrogens with zero attached hydrogens (tertiary/aromatic N) is 4. The van der Waals surface area contributed by atoms with E-state index in [1.165, 1.54) is 12.8 Å². The Hall–Kier alpha value is -1.33. The van der Waals surface area contributed by atoms with E-state index in [-0.39, 0.29) is 11.0 Å². The molecule has 0 aromatic heterocycles. The average molecular weight is 242 g/mol. The molecule has 98 valence electrons. The molecule has 6 heteroatoms. The predicted octanol–water partition coefficient (Wildman–Crippen LogP) is 2.10. The first-order valence-electron chi connectivity index (χ1n) is 6.29. The monoisotopic (exact) mass is 242 g/mol. The standard InChI is InChI=1S/C11H22N4O2/c1-4-5-6-7-8-14-11(15(16)17)13(9-12-14)10(2)3/h9-11H,4-8H2,1-3H3. The van der Waals surface area contributed by atoms with Gasteiger partial charge in [-0.3, -0.25) is 15.0 Å². The quantitative estimate of drug-likeness (QED) is 0.389. The summed E-state index contributed by atoms with van der Waals surface area (Å²) in [6.07, 6.45) is 5.17. The van der Waals surface area contributed by atoms with Crippen molar-refractivity contribution in [1.82, 2.24) is 9.91 Å². The maximum Gasteiger partial charge on any atom is 0.384 e. The second kappa shape index (κ2) is 6.42. The zero-order valence-electron chi connectivity index (χ0n) is 10.9. The van der Waals surface area contributed by atoms with Crippen molar-refractivity contribution in [3.05, 3.63) is 10.1 Å². The molecule has 0 saturated heterocycles. The zero-order chi connectivity index (χ0) is 12.8. The highest BCUT2D eigenvalue weighted by molar-refractivity contribution is 5.57. The fourth-order valence-corrected chi connectivity index (χ4v) is 1.89. The van der Waals surface area contributed by atoms with Crippen molar-refractivity contribution in [3.63, 3.8) is 0 Å². The van der Waals surface area contributed by atoms with Gasteiger partial charge in [0.1, 0.15) is 6.34 Å². The van der Waals surface area contributed by atoms with Crippen LogP contribution in [0.1, 0.15) is 46.5 Å². The summed E-state index contributed by atoms with van der Waals surface area (Å²) in [5.41, 5.74) is 0. The van der Waals surface area contributed by atoms with Crippen LogP contribution in [0.15, 0.2) is 5.10 Å². The van der Waals surface area contributed by atoms with Crippen LogP contribution >= 0.6 is 0 Å². The highest BCUT2D eigenvalue weighted by Gasteiger charge is 2.38. The van der Waals surface area contributed by atoms with Crippen LogP contribution in [0.3, 0.4) is 0 Å². The Morgan fingerprint density at radius 1 is 1.41 bits per heavy atom. The first-order valence-corrected chi connectivity index (χ1v) is 6.29. The Labute approximate surface area is 102 Å². The Balaban J connectivity index is 2.49. The molecule has 1 aliphatic heterocycles. The van der Waals surface area contributed by atoms with E-state index in [0.717, 1.165) is 12.8 Å². The molecule has 17 heavy (non-hydrogen) atoms.